The van der Waals surface area contributed by atoms with Crippen molar-refractivity contribution in [1.29, 1.82) is 0 Å². The van der Waals surface area contributed by atoms with Crippen LogP contribution in [0, 0.1) is 13.8 Å². The fraction of sp³-hybridized carbons (Fsp3) is 0.407. The van der Waals surface area contributed by atoms with Crippen LogP contribution in [-0.4, -0.2) is 21.8 Å². The number of hydrogen-bond acceptors (Lipinski definition) is 3. The molecule has 1 aromatic carbocycles. The van der Waals surface area contributed by atoms with Crippen molar-refractivity contribution in [2.45, 2.75) is 64.1 Å². The number of aryl methyl sites for hydroxylation is 1. The van der Waals surface area contributed by atoms with E-state index in [9.17, 15) is 0 Å². The Balaban J connectivity index is 1.63. The van der Waals surface area contributed by atoms with Crippen molar-refractivity contribution >= 4 is 34.6 Å². The molecule has 1 saturated heterocycles. The summed E-state index contributed by atoms with van der Waals surface area (Å²) in [6, 6.07) is 14.7. The fourth-order valence-corrected chi connectivity index (χ4v) is 6.36. The predicted octanol–water partition coefficient (Wildman–Crippen LogP) is 6.84. The van der Waals surface area contributed by atoms with Crippen LogP contribution in [0.5, 0.6) is 5.75 Å². The lowest BCUT2D eigenvalue weighted by Gasteiger charge is -2.30. The summed E-state index contributed by atoms with van der Waals surface area (Å²) in [5, 5.41) is 4.80. The number of rotatable bonds is 5. The minimum absolute atomic E-state index is 0.0459. The van der Waals surface area contributed by atoms with E-state index in [1.165, 1.54) is 49.1 Å². The van der Waals surface area contributed by atoms with E-state index in [1.807, 2.05) is 36.5 Å². The van der Waals surface area contributed by atoms with E-state index in [0.717, 1.165) is 11.4 Å². The van der Waals surface area contributed by atoms with E-state index in [0.29, 0.717) is 21.9 Å². The maximum Gasteiger partial charge on any atom is 0.174 e. The lowest BCUT2D eigenvalue weighted by atomic mass is 9.94. The van der Waals surface area contributed by atoms with Crippen LogP contribution in [0.4, 0.5) is 5.69 Å². The van der Waals surface area contributed by atoms with Crippen molar-refractivity contribution in [2.75, 3.05) is 12.0 Å². The summed E-state index contributed by atoms with van der Waals surface area (Å²) in [5.41, 5.74) is 5.81. The smallest absolute Gasteiger partial charge is 0.174 e. The Morgan fingerprint density at radius 1 is 1.09 bits per heavy atom. The maximum absolute atomic E-state index is 6.53. The monoisotopic (exact) mass is 494 g/mol. The van der Waals surface area contributed by atoms with Gasteiger partial charge in [0.05, 0.1) is 29.9 Å². The molecule has 2 fully saturated rings. The number of aromatic nitrogens is 2. The first-order valence-corrected chi connectivity index (χ1v) is 12.8. The van der Waals surface area contributed by atoms with Crippen LogP contribution in [0.25, 0.3) is 0 Å². The van der Waals surface area contributed by atoms with Gasteiger partial charge in [-0.25, -0.2) is 0 Å². The van der Waals surface area contributed by atoms with Crippen LogP contribution >= 0.6 is 23.8 Å². The molecule has 5 nitrogen and oxygen atoms in total. The summed E-state index contributed by atoms with van der Waals surface area (Å²) >= 11 is 12.4. The Bertz CT molecular complexity index is 1190. The molecule has 0 unspecified atom stereocenters. The van der Waals surface area contributed by atoms with Gasteiger partial charge in [-0.05, 0) is 80.9 Å². The first kappa shape index (κ1) is 23.2. The molecular formula is C27H31ClN4OS. The number of nitrogens with one attached hydrogen (secondary N) is 1. The van der Waals surface area contributed by atoms with Crippen LogP contribution in [0.2, 0.25) is 5.02 Å². The molecule has 0 spiro atoms. The molecule has 0 amide bonds. The number of methoxy groups -OCH3 is 1. The third kappa shape index (κ3) is 4.07. The lowest BCUT2D eigenvalue weighted by molar-refractivity contribution is 0.345. The molecule has 2 aromatic heterocycles. The molecule has 2 atom stereocenters. The number of pyridine rings is 1. The Morgan fingerprint density at radius 3 is 2.56 bits per heavy atom. The van der Waals surface area contributed by atoms with Crippen LogP contribution in [0.3, 0.4) is 0 Å². The largest absolute Gasteiger partial charge is 0.495 e. The summed E-state index contributed by atoms with van der Waals surface area (Å²) in [4.78, 5) is 6.88. The van der Waals surface area contributed by atoms with Crippen molar-refractivity contribution in [3.8, 4) is 5.75 Å². The minimum Gasteiger partial charge on any atom is -0.495 e. The second-order valence-electron chi connectivity index (χ2n) is 9.30. The third-order valence-electron chi connectivity index (χ3n) is 7.29. The number of thiocarbonyl (C=S) groups is 1. The van der Waals surface area contributed by atoms with Crippen LogP contribution in [-0.2, 0) is 0 Å². The molecule has 34 heavy (non-hydrogen) atoms. The van der Waals surface area contributed by atoms with E-state index in [1.54, 1.807) is 7.11 Å². The highest BCUT2D eigenvalue weighted by Gasteiger charge is 2.42. The van der Waals surface area contributed by atoms with Crippen molar-refractivity contribution in [3.63, 3.8) is 0 Å². The average Bonchev–Trinajstić information content (AvgIpc) is 3.35. The molecular weight excluding hydrogens is 464 g/mol. The van der Waals surface area contributed by atoms with E-state index < -0.39 is 0 Å². The van der Waals surface area contributed by atoms with Gasteiger partial charge in [-0.3, -0.25) is 4.98 Å². The molecule has 0 bridgehead atoms. The highest BCUT2D eigenvalue weighted by atomic mass is 35.5. The van der Waals surface area contributed by atoms with Gasteiger partial charge in [0.25, 0.3) is 0 Å². The zero-order valence-electron chi connectivity index (χ0n) is 19.9. The number of ether oxygens (including phenoxy) is 1. The summed E-state index contributed by atoms with van der Waals surface area (Å²) in [5.74, 6) is 0.650. The number of nitrogens with zero attached hydrogens (tertiary/aromatic N) is 3. The Morgan fingerprint density at radius 2 is 1.88 bits per heavy atom. The SMILES string of the molecule is COc1ccc(N2C(=S)N[C@@H](c3ccccn3)[C@H]2c2cc(C)n(C3CCCCC3)c2C)cc1Cl. The van der Waals surface area contributed by atoms with E-state index in [4.69, 9.17) is 33.5 Å². The molecule has 1 saturated carbocycles. The zero-order chi connectivity index (χ0) is 23.8. The zero-order valence-corrected chi connectivity index (χ0v) is 21.5. The highest BCUT2D eigenvalue weighted by Crippen LogP contribution is 2.45. The predicted molar refractivity (Wildman–Crippen MR) is 142 cm³/mol. The van der Waals surface area contributed by atoms with Gasteiger partial charge < -0.3 is 19.5 Å². The van der Waals surface area contributed by atoms with Crippen molar-refractivity contribution in [3.05, 3.63) is 76.3 Å². The fourth-order valence-electron chi connectivity index (χ4n) is 5.76. The highest BCUT2D eigenvalue weighted by molar-refractivity contribution is 7.80. The van der Waals surface area contributed by atoms with Gasteiger partial charge in [-0.2, -0.15) is 0 Å². The van der Waals surface area contributed by atoms with Gasteiger partial charge in [0, 0.05) is 29.3 Å². The maximum atomic E-state index is 6.53. The molecule has 1 N–H and O–H groups in total. The number of hydrogen-bond donors (Lipinski definition) is 1. The first-order chi connectivity index (χ1) is 16.5. The van der Waals surface area contributed by atoms with E-state index >= 15 is 0 Å². The summed E-state index contributed by atoms with van der Waals surface area (Å²) < 4.78 is 7.94. The summed E-state index contributed by atoms with van der Waals surface area (Å²) in [6.07, 6.45) is 8.29. The van der Waals surface area contributed by atoms with Crippen molar-refractivity contribution in [2.24, 2.45) is 0 Å². The van der Waals surface area contributed by atoms with Gasteiger partial charge in [-0.15, -0.1) is 0 Å². The number of anilines is 1. The van der Waals surface area contributed by atoms with Crippen LogP contribution in [0.1, 0.15) is 72.9 Å². The standard InChI is InChI=1S/C27H31ClN4OS/c1-17-15-21(18(2)31(17)19-9-5-4-6-10-19)26-25(23-11-7-8-14-29-23)30-27(34)32(26)20-12-13-24(33-3)22(28)16-20/h7-8,11-16,19,25-26H,4-6,9-10H2,1-3H3,(H,30,34)/t25-,26+/m0/s1. The lowest BCUT2D eigenvalue weighted by Crippen LogP contribution is -2.29. The number of halogens is 1. The van der Waals surface area contributed by atoms with E-state index in [2.05, 4.69) is 40.8 Å². The van der Waals surface area contributed by atoms with Gasteiger partial charge >= 0.3 is 0 Å². The average molecular weight is 495 g/mol. The molecule has 1 aliphatic carbocycles. The summed E-state index contributed by atoms with van der Waals surface area (Å²) in [6.45, 7) is 4.49. The topological polar surface area (TPSA) is 42.3 Å². The minimum atomic E-state index is -0.0742. The molecule has 7 heteroatoms. The quantitative estimate of drug-likeness (QED) is 0.393. The van der Waals surface area contributed by atoms with Gasteiger partial charge in [0.2, 0.25) is 0 Å². The summed E-state index contributed by atoms with van der Waals surface area (Å²) in [7, 11) is 1.63. The Hall–Kier alpha value is -2.57. The molecule has 2 aliphatic rings. The normalized spacial score (nSPS) is 21.1. The van der Waals surface area contributed by atoms with Gasteiger partial charge in [-0.1, -0.05) is 36.9 Å². The molecule has 3 heterocycles. The second-order valence-corrected chi connectivity index (χ2v) is 10.1. The third-order valence-corrected chi connectivity index (χ3v) is 7.90. The van der Waals surface area contributed by atoms with E-state index in [-0.39, 0.29) is 12.1 Å². The van der Waals surface area contributed by atoms with Crippen LogP contribution < -0.4 is 15.0 Å². The molecule has 0 radical (unpaired) electrons. The molecule has 1 aliphatic heterocycles. The Labute approximate surface area is 212 Å². The van der Waals surface area contributed by atoms with Crippen LogP contribution in [0.15, 0.2) is 48.7 Å². The molecule has 5 rings (SSSR count). The van der Waals surface area contributed by atoms with Crippen molar-refractivity contribution < 1.29 is 4.74 Å². The van der Waals surface area contributed by atoms with Crippen molar-refractivity contribution in [1.82, 2.24) is 14.9 Å². The second kappa shape index (κ2) is 9.59. The molecule has 178 valence electrons. The van der Waals surface area contributed by atoms with Gasteiger partial charge in [0.1, 0.15) is 5.75 Å². The Kier molecular flexibility index (Phi) is 6.54. The molecule has 3 aromatic rings. The first-order valence-electron chi connectivity index (χ1n) is 12.0. The number of benzene rings is 1. The van der Waals surface area contributed by atoms with Gasteiger partial charge in [0.15, 0.2) is 5.11 Å².